The second kappa shape index (κ2) is 11.8. The maximum Gasteiger partial charge on any atom is 0.320 e. The number of benzene rings is 1. The van der Waals surface area contributed by atoms with Gasteiger partial charge in [-0.2, -0.15) is 0 Å². The summed E-state index contributed by atoms with van der Waals surface area (Å²) in [6, 6.07) is 6.89. The van der Waals surface area contributed by atoms with Crippen molar-refractivity contribution < 1.29 is 9.90 Å². The van der Waals surface area contributed by atoms with Gasteiger partial charge in [0.15, 0.2) is 0 Å². The van der Waals surface area contributed by atoms with E-state index in [1.54, 1.807) is 0 Å². The maximum atomic E-state index is 10.8. The summed E-state index contributed by atoms with van der Waals surface area (Å²) in [4.78, 5) is 10.8. The first kappa shape index (κ1) is 21.3. The minimum atomic E-state index is -0.962. The van der Waals surface area contributed by atoms with E-state index in [2.05, 4.69) is 12.2 Å². The topological polar surface area (TPSA) is 75.3 Å². The van der Waals surface area contributed by atoms with Crippen molar-refractivity contribution in [1.29, 1.82) is 0 Å². The van der Waals surface area contributed by atoms with E-state index < -0.39 is 12.0 Å². The van der Waals surface area contributed by atoms with Gasteiger partial charge in [-0.25, -0.2) is 0 Å². The van der Waals surface area contributed by atoms with Gasteiger partial charge in [0.25, 0.3) is 0 Å². The van der Waals surface area contributed by atoms with Gasteiger partial charge in [-0.1, -0.05) is 38.0 Å². The van der Waals surface area contributed by atoms with Gasteiger partial charge < -0.3 is 16.2 Å². The van der Waals surface area contributed by atoms with Crippen molar-refractivity contribution >= 4 is 36.5 Å². The molecule has 0 radical (unpaired) electrons. The predicted octanol–water partition coefficient (Wildman–Crippen LogP) is 3.09. The Bertz CT molecular complexity index is 389. The second-order valence-corrected chi connectivity index (χ2v) is 4.44. The third-order valence-corrected chi connectivity index (χ3v) is 2.87. The number of carbonyl (C=O) groups is 1. The fraction of sp³-hybridized carbons (Fsp3) is 0.500. The molecule has 0 saturated heterocycles. The SMILES string of the molecule is CCCCCNc1ccccc1CC(N)C(=O)O.Cl.Cl. The van der Waals surface area contributed by atoms with Crippen molar-refractivity contribution in [3.05, 3.63) is 29.8 Å². The van der Waals surface area contributed by atoms with Crippen LogP contribution < -0.4 is 11.1 Å². The largest absolute Gasteiger partial charge is 0.480 e. The number of unbranched alkanes of at least 4 members (excludes halogenated alkanes) is 2. The summed E-state index contributed by atoms with van der Waals surface area (Å²) in [6.45, 7) is 3.08. The molecule has 1 unspecified atom stereocenters. The molecule has 20 heavy (non-hydrogen) atoms. The zero-order valence-electron chi connectivity index (χ0n) is 11.7. The highest BCUT2D eigenvalue weighted by Gasteiger charge is 2.13. The summed E-state index contributed by atoms with van der Waals surface area (Å²) >= 11 is 0. The van der Waals surface area contributed by atoms with Crippen LogP contribution in [0.1, 0.15) is 31.7 Å². The third kappa shape index (κ3) is 7.58. The predicted molar refractivity (Wildman–Crippen MR) is 88.3 cm³/mol. The highest BCUT2D eigenvalue weighted by Crippen LogP contribution is 2.16. The van der Waals surface area contributed by atoms with Gasteiger partial charge in [0.05, 0.1) is 0 Å². The summed E-state index contributed by atoms with van der Waals surface area (Å²) < 4.78 is 0. The summed E-state index contributed by atoms with van der Waals surface area (Å²) in [6.07, 6.45) is 3.86. The molecular weight excluding hydrogens is 299 g/mol. The van der Waals surface area contributed by atoms with Crippen LogP contribution in [-0.4, -0.2) is 23.7 Å². The molecule has 1 atom stereocenters. The van der Waals surface area contributed by atoms with Crippen LogP contribution >= 0.6 is 24.8 Å². The zero-order valence-corrected chi connectivity index (χ0v) is 13.3. The van der Waals surface area contributed by atoms with Gasteiger partial charge in [-0.15, -0.1) is 24.8 Å². The van der Waals surface area contributed by atoms with E-state index in [0.717, 1.165) is 24.2 Å². The number of nitrogens with two attached hydrogens (primary N) is 1. The van der Waals surface area contributed by atoms with Gasteiger partial charge in [0.1, 0.15) is 6.04 Å². The molecule has 0 heterocycles. The number of halogens is 2. The van der Waals surface area contributed by atoms with Crippen molar-refractivity contribution in [2.45, 2.75) is 38.6 Å². The highest BCUT2D eigenvalue weighted by molar-refractivity contribution is 5.85. The molecule has 4 N–H and O–H groups in total. The van der Waals surface area contributed by atoms with Gasteiger partial charge >= 0.3 is 5.97 Å². The Labute approximate surface area is 133 Å². The molecule has 0 amide bonds. The monoisotopic (exact) mass is 322 g/mol. The van der Waals surface area contributed by atoms with Crippen LogP contribution in [0.3, 0.4) is 0 Å². The van der Waals surface area contributed by atoms with Crippen LogP contribution in [0.4, 0.5) is 5.69 Å². The number of carboxylic acid groups (broad SMARTS) is 1. The van der Waals surface area contributed by atoms with Crippen molar-refractivity contribution in [2.24, 2.45) is 5.73 Å². The van der Waals surface area contributed by atoms with Gasteiger partial charge in [-0.3, -0.25) is 4.79 Å². The fourth-order valence-electron chi connectivity index (χ4n) is 1.79. The molecular formula is C14H24Cl2N2O2. The molecule has 0 saturated carbocycles. The van der Waals surface area contributed by atoms with E-state index in [0.29, 0.717) is 6.42 Å². The minimum absolute atomic E-state index is 0. The number of rotatable bonds is 8. The Hall–Kier alpha value is -0.970. The molecule has 0 aliphatic carbocycles. The van der Waals surface area contributed by atoms with Gasteiger partial charge in [0, 0.05) is 18.7 Å². The molecule has 1 rings (SSSR count). The lowest BCUT2D eigenvalue weighted by molar-refractivity contribution is -0.138. The minimum Gasteiger partial charge on any atom is -0.480 e. The number of aliphatic carboxylic acids is 1. The lowest BCUT2D eigenvalue weighted by Crippen LogP contribution is -2.32. The number of carboxylic acids is 1. The van der Waals surface area contributed by atoms with Crippen molar-refractivity contribution in [2.75, 3.05) is 11.9 Å². The first-order valence-corrected chi connectivity index (χ1v) is 6.45. The summed E-state index contributed by atoms with van der Waals surface area (Å²) in [5.74, 6) is -0.962. The normalized spacial score (nSPS) is 10.9. The van der Waals surface area contributed by atoms with Crippen LogP contribution in [0.5, 0.6) is 0 Å². The summed E-state index contributed by atoms with van der Waals surface area (Å²) in [5.41, 5.74) is 7.52. The van der Waals surface area contributed by atoms with Crippen molar-refractivity contribution in [3.63, 3.8) is 0 Å². The average Bonchev–Trinajstić information content (AvgIpc) is 2.36. The van der Waals surface area contributed by atoms with Gasteiger partial charge in [-0.05, 0) is 18.1 Å². The standard InChI is InChI=1S/C14H22N2O2.2ClH/c1-2-3-6-9-16-13-8-5-4-7-11(13)10-12(15)14(17)18;;/h4-5,7-8,12,16H,2-3,6,9-10,15H2,1H3,(H,17,18);2*1H. The van der Waals surface area contributed by atoms with Crippen LogP contribution in [0.15, 0.2) is 24.3 Å². The Morgan fingerprint density at radius 3 is 2.55 bits per heavy atom. The molecule has 0 aromatic heterocycles. The molecule has 1 aromatic rings. The number of nitrogens with one attached hydrogen (secondary N) is 1. The Morgan fingerprint density at radius 2 is 1.95 bits per heavy atom. The van der Waals surface area contributed by atoms with E-state index in [-0.39, 0.29) is 24.8 Å². The van der Waals surface area contributed by atoms with E-state index in [1.807, 2.05) is 24.3 Å². The third-order valence-electron chi connectivity index (χ3n) is 2.87. The average molecular weight is 323 g/mol. The van der Waals surface area contributed by atoms with E-state index in [1.165, 1.54) is 12.8 Å². The van der Waals surface area contributed by atoms with Crippen molar-refractivity contribution in [3.8, 4) is 0 Å². The van der Waals surface area contributed by atoms with Crippen molar-refractivity contribution in [1.82, 2.24) is 0 Å². The molecule has 6 heteroatoms. The van der Waals surface area contributed by atoms with Crippen LogP contribution in [-0.2, 0) is 11.2 Å². The molecule has 4 nitrogen and oxygen atoms in total. The molecule has 1 aromatic carbocycles. The number of para-hydroxylation sites is 1. The highest BCUT2D eigenvalue weighted by atomic mass is 35.5. The molecule has 0 fully saturated rings. The molecule has 0 spiro atoms. The molecule has 116 valence electrons. The quantitative estimate of drug-likeness (QED) is 0.643. The molecule has 0 bridgehead atoms. The first-order valence-electron chi connectivity index (χ1n) is 6.45. The van der Waals surface area contributed by atoms with Crippen LogP contribution in [0.25, 0.3) is 0 Å². The maximum absolute atomic E-state index is 10.8. The van der Waals surface area contributed by atoms with E-state index >= 15 is 0 Å². The fourth-order valence-corrected chi connectivity index (χ4v) is 1.79. The summed E-state index contributed by atoms with van der Waals surface area (Å²) in [7, 11) is 0. The Balaban J connectivity index is 0. The number of anilines is 1. The smallest absolute Gasteiger partial charge is 0.320 e. The van der Waals surface area contributed by atoms with Gasteiger partial charge in [0.2, 0.25) is 0 Å². The lowest BCUT2D eigenvalue weighted by Gasteiger charge is -2.13. The second-order valence-electron chi connectivity index (χ2n) is 4.44. The molecule has 0 aliphatic heterocycles. The zero-order chi connectivity index (χ0) is 13.4. The number of hydrogen-bond donors (Lipinski definition) is 3. The Morgan fingerprint density at radius 1 is 1.30 bits per heavy atom. The first-order chi connectivity index (χ1) is 8.65. The van der Waals surface area contributed by atoms with E-state index in [4.69, 9.17) is 10.8 Å². The number of hydrogen-bond acceptors (Lipinski definition) is 3. The van der Waals surface area contributed by atoms with Crippen LogP contribution in [0, 0.1) is 0 Å². The Kier molecular flexibility index (Phi) is 12.6. The lowest BCUT2D eigenvalue weighted by atomic mass is 10.0. The molecule has 0 aliphatic rings. The van der Waals surface area contributed by atoms with E-state index in [9.17, 15) is 4.79 Å². The summed E-state index contributed by atoms with van der Waals surface area (Å²) in [5, 5.41) is 12.2. The van der Waals surface area contributed by atoms with Crippen LogP contribution in [0.2, 0.25) is 0 Å².